The lowest BCUT2D eigenvalue weighted by atomic mass is 9.83. The van der Waals surface area contributed by atoms with Gasteiger partial charge >= 0.3 is 0 Å². The van der Waals surface area contributed by atoms with Gasteiger partial charge in [0, 0.05) is 81.3 Å². The zero-order valence-corrected chi connectivity index (χ0v) is 38.3. The van der Waals surface area contributed by atoms with Gasteiger partial charge in [-0.3, -0.25) is 19.9 Å². The molecule has 0 aliphatic heterocycles. The van der Waals surface area contributed by atoms with Crippen LogP contribution in [0.25, 0.3) is 145 Å². The molecule has 6 aromatic heterocycles. The molecule has 0 saturated heterocycles. The van der Waals surface area contributed by atoms with Crippen molar-refractivity contribution in [1.29, 1.82) is 0 Å². The van der Waals surface area contributed by atoms with Crippen molar-refractivity contribution in [3.63, 3.8) is 0 Å². The molecule has 14 rings (SSSR count). The van der Waals surface area contributed by atoms with Crippen LogP contribution in [0.3, 0.4) is 0 Å². The molecule has 0 aliphatic carbocycles. The van der Waals surface area contributed by atoms with Crippen LogP contribution in [0.2, 0.25) is 0 Å². The number of rotatable bonds is 8. The van der Waals surface area contributed by atoms with Gasteiger partial charge in [-0.15, -0.1) is 0 Å². The zero-order valence-electron chi connectivity index (χ0n) is 38.3. The lowest BCUT2D eigenvalue weighted by Gasteiger charge is -2.21. The number of hydrogen-bond acceptors (Lipinski definition) is 10. The number of benzene rings is 8. The maximum atomic E-state index is 5.35. The fourth-order valence-corrected chi connectivity index (χ4v) is 10.0. The Morgan fingerprint density at radius 2 is 0.625 bits per heavy atom. The average molecular weight is 921 g/mol. The maximum Gasteiger partial charge on any atom is 0.165 e. The van der Waals surface area contributed by atoms with Gasteiger partial charge in [0.2, 0.25) is 0 Å². The molecule has 10 heteroatoms. The summed E-state index contributed by atoms with van der Waals surface area (Å²) < 4.78 is 0. The van der Waals surface area contributed by atoms with Crippen LogP contribution in [0.5, 0.6) is 0 Å². The SMILES string of the molecule is c1ccc(-c2cc(-c3nc(-c4cccnc4)nc(-c4ccc5ncccc5c4)n3)c3ccc4c(-c5ccccc5)cc(-c5nc(-c6cccnc6)nc(-c6ccc7ncccc7c6)n5)c5ccc2c3c45)cc1. The van der Waals surface area contributed by atoms with Gasteiger partial charge in [-0.2, -0.15) is 0 Å². The molecule has 0 saturated carbocycles. The van der Waals surface area contributed by atoms with Crippen molar-refractivity contribution in [2.24, 2.45) is 0 Å². The van der Waals surface area contributed by atoms with Gasteiger partial charge in [0.05, 0.1) is 11.0 Å². The number of nitrogens with zero attached hydrogens (tertiary/aromatic N) is 10. The Morgan fingerprint density at radius 1 is 0.250 bits per heavy atom. The highest BCUT2D eigenvalue weighted by molar-refractivity contribution is 6.31. The highest BCUT2D eigenvalue weighted by atomic mass is 15.0. The predicted molar refractivity (Wildman–Crippen MR) is 287 cm³/mol. The topological polar surface area (TPSA) is 129 Å². The summed E-state index contributed by atoms with van der Waals surface area (Å²) in [6.07, 6.45) is 10.7. The standard InChI is InChI=1S/C62H36N10/c1-3-11-37(12-4-1)49-33-51(61-69-57(67-59(71-61)43-17-7-27-63-35-43)41-19-25-53-39(31-41)15-9-29-65-53)47-24-22-46-50(38-13-5-2-6-14-38)34-52(48-23-21-45(49)55(47)56(46)48)62-70-58(68-60(72-62)44-18-8-28-64-36-44)42-20-26-54-40(32-42)16-10-30-66-54/h1-36H. The number of fused-ring (bicyclic) bond motifs is 2. The lowest BCUT2D eigenvalue weighted by molar-refractivity contribution is 1.07. The van der Waals surface area contributed by atoms with Crippen LogP contribution in [0.1, 0.15) is 0 Å². The van der Waals surface area contributed by atoms with E-state index in [1.807, 2.05) is 72.8 Å². The minimum Gasteiger partial charge on any atom is -0.264 e. The number of pyridine rings is 4. The van der Waals surface area contributed by atoms with Crippen molar-refractivity contribution < 1.29 is 0 Å². The zero-order chi connectivity index (χ0) is 47.5. The van der Waals surface area contributed by atoms with Gasteiger partial charge in [-0.25, -0.2) is 29.9 Å². The average Bonchev–Trinajstić information content (AvgIpc) is 3.46. The molecule has 72 heavy (non-hydrogen) atoms. The molecule has 334 valence electrons. The minimum absolute atomic E-state index is 0.521. The van der Waals surface area contributed by atoms with Crippen LogP contribution in [0.4, 0.5) is 0 Å². The van der Waals surface area contributed by atoms with Crippen LogP contribution in [-0.2, 0) is 0 Å². The van der Waals surface area contributed by atoms with Gasteiger partial charge in [-0.1, -0.05) is 97.1 Å². The Kier molecular flexibility index (Phi) is 9.59. The fraction of sp³-hybridized carbons (Fsp3) is 0. The monoisotopic (exact) mass is 920 g/mol. The lowest BCUT2D eigenvalue weighted by Crippen LogP contribution is -2.03. The summed E-state index contributed by atoms with van der Waals surface area (Å²) >= 11 is 0. The Bertz CT molecular complexity index is 4100. The molecule has 0 spiro atoms. The number of hydrogen-bond donors (Lipinski definition) is 0. The summed E-state index contributed by atoms with van der Waals surface area (Å²) in [7, 11) is 0. The molecule has 0 fully saturated rings. The third kappa shape index (κ3) is 7.04. The van der Waals surface area contributed by atoms with Crippen LogP contribution in [-0.4, -0.2) is 49.8 Å². The van der Waals surface area contributed by atoms with Crippen molar-refractivity contribution in [2.75, 3.05) is 0 Å². The molecular weight excluding hydrogens is 885 g/mol. The first-order valence-electron chi connectivity index (χ1n) is 23.6. The Balaban J connectivity index is 1.08. The summed E-state index contributed by atoms with van der Waals surface area (Å²) in [6.45, 7) is 0. The summed E-state index contributed by atoms with van der Waals surface area (Å²) in [4.78, 5) is 49.6. The maximum absolute atomic E-state index is 5.35. The van der Waals surface area contributed by atoms with E-state index in [1.165, 1.54) is 0 Å². The Labute approximate surface area is 411 Å². The fourth-order valence-electron chi connectivity index (χ4n) is 10.0. The third-order valence-corrected chi connectivity index (χ3v) is 13.4. The molecule has 0 N–H and O–H groups in total. The van der Waals surface area contributed by atoms with E-state index < -0.39 is 0 Å². The van der Waals surface area contributed by atoms with E-state index in [-0.39, 0.29) is 0 Å². The molecule has 0 aliphatic rings. The first-order valence-corrected chi connectivity index (χ1v) is 23.6. The molecule has 0 atom stereocenters. The molecule has 0 bridgehead atoms. The van der Waals surface area contributed by atoms with E-state index in [0.717, 1.165) is 110 Å². The largest absolute Gasteiger partial charge is 0.264 e. The van der Waals surface area contributed by atoms with E-state index in [9.17, 15) is 0 Å². The molecule has 0 unspecified atom stereocenters. The van der Waals surface area contributed by atoms with Gasteiger partial charge in [0.1, 0.15) is 0 Å². The summed E-state index contributed by atoms with van der Waals surface area (Å²) in [5.41, 5.74) is 11.0. The first kappa shape index (κ1) is 41.0. The van der Waals surface area contributed by atoms with Crippen LogP contribution < -0.4 is 0 Å². The molecule has 8 aromatic carbocycles. The molecular formula is C62H36N10. The second-order valence-electron chi connectivity index (χ2n) is 17.7. The van der Waals surface area contributed by atoms with E-state index >= 15 is 0 Å². The number of aromatic nitrogens is 10. The third-order valence-electron chi connectivity index (χ3n) is 13.4. The Morgan fingerprint density at radius 3 is 1.04 bits per heavy atom. The van der Waals surface area contributed by atoms with Crippen LogP contribution in [0.15, 0.2) is 219 Å². The van der Waals surface area contributed by atoms with Crippen LogP contribution >= 0.6 is 0 Å². The van der Waals surface area contributed by atoms with Crippen molar-refractivity contribution in [3.8, 4) is 90.6 Å². The Hall–Kier alpha value is -10.1. The normalized spacial score (nSPS) is 11.6. The second-order valence-corrected chi connectivity index (χ2v) is 17.7. The highest BCUT2D eigenvalue weighted by Crippen LogP contribution is 2.48. The summed E-state index contributed by atoms with van der Waals surface area (Å²) in [6, 6.07) is 62.5. The predicted octanol–water partition coefficient (Wildman–Crippen LogP) is 14.2. The molecule has 6 heterocycles. The van der Waals surface area contributed by atoms with Gasteiger partial charge in [0.15, 0.2) is 34.9 Å². The quantitative estimate of drug-likeness (QED) is 0.136. The smallest absolute Gasteiger partial charge is 0.165 e. The van der Waals surface area contributed by atoms with E-state index in [4.69, 9.17) is 29.9 Å². The molecule has 14 aromatic rings. The van der Waals surface area contributed by atoms with Crippen molar-refractivity contribution >= 4 is 54.1 Å². The van der Waals surface area contributed by atoms with Gasteiger partial charge in [-0.05, 0) is 140 Å². The summed E-state index contributed by atoms with van der Waals surface area (Å²) in [5.74, 6) is 3.21. The van der Waals surface area contributed by atoms with Crippen molar-refractivity contribution in [3.05, 3.63) is 219 Å². The minimum atomic E-state index is 0.521. The van der Waals surface area contributed by atoms with Crippen LogP contribution in [0, 0.1) is 0 Å². The highest BCUT2D eigenvalue weighted by Gasteiger charge is 2.25. The molecule has 0 radical (unpaired) electrons. The van der Waals surface area contributed by atoms with E-state index in [2.05, 4.69) is 129 Å². The van der Waals surface area contributed by atoms with Crippen molar-refractivity contribution in [1.82, 2.24) is 49.8 Å². The van der Waals surface area contributed by atoms with Gasteiger partial charge in [0.25, 0.3) is 0 Å². The summed E-state index contributed by atoms with van der Waals surface area (Å²) in [5, 5.41) is 8.31. The molecule has 0 amide bonds. The second kappa shape index (κ2) is 16.9. The van der Waals surface area contributed by atoms with Gasteiger partial charge < -0.3 is 0 Å². The van der Waals surface area contributed by atoms with E-state index in [0.29, 0.717) is 34.9 Å². The van der Waals surface area contributed by atoms with E-state index in [1.54, 1.807) is 37.2 Å². The van der Waals surface area contributed by atoms with Crippen molar-refractivity contribution in [2.45, 2.75) is 0 Å². The molecule has 10 nitrogen and oxygen atoms in total. The first-order chi connectivity index (χ1) is 35.7.